The number of hydrogen-bond acceptors (Lipinski definition) is 8. The second kappa shape index (κ2) is 9.81. The van der Waals surface area contributed by atoms with Crippen LogP contribution in [0.2, 0.25) is 0 Å². The SMILES string of the molecule is COc1cccnc1CNC(=O)C1(C)COc2c(oc3cc(C(=O)NC4(C)COC4)ccc23)C(=O)N1CC1CC1. The van der Waals surface area contributed by atoms with Gasteiger partial charge < -0.3 is 34.2 Å². The van der Waals surface area contributed by atoms with Crippen LogP contribution in [0.3, 0.4) is 0 Å². The minimum Gasteiger partial charge on any atom is -0.495 e. The summed E-state index contributed by atoms with van der Waals surface area (Å²) in [6.45, 7) is 5.01. The van der Waals surface area contributed by atoms with Gasteiger partial charge in [0.25, 0.3) is 11.8 Å². The maximum Gasteiger partial charge on any atom is 0.294 e. The average Bonchev–Trinajstić information content (AvgIpc) is 3.71. The van der Waals surface area contributed by atoms with Crippen molar-refractivity contribution in [2.24, 2.45) is 5.92 Å². The summed E-state index contributed by atoms with van der Waals surface area (Å²) in [6.07, 6.45) is 3.61. The molecule has 2 fully saturated rings. The van der Waals surface area contributed by atoms with Crippen molar-refractivity contribution in [1.29, 1.82) is 0 Å². The molecule has 2 aliphatic heterocycles. The largest absolute Gasteiger partial charge is 0.495 e. The highest BCUT2D eigenvalue weighted by Crippen LogP contribution is 2.41. The molecule has 6 rings (SSSR count). The van der Waals surface area contributed by atoms with Crippen LogP contribution < -0.4 is 20.1 Å². The highest BCUT2D eigenvalue weighted by molar-refractivity contribution is 6.06. The number of carbonyl (C=O) groups is 3. The Labute approximate surface area is 231 Å². The van der Waals surface area contributed by atoms with E-state index in [9.17, 15) is 14.4 Å². The number of rotatable bonds is 8. The lowest BCUT2D eigenvalue weighted by Crippen LogP contribution is -2.61. The van der Waals surface area contributed by atoms with Gasteiger partial charge in [-0.15, -0.1) is 0 Å². The number of methoxy groups -OCH3 is 1. The predicted molar refractivity (Wildman–Crippen MR) is 143 cm³/mol. The van der Waals surface area contributed by atoms with E-state index < -0.39 is 17.0 Å². The third kappa shape index (κ3) is 4.64. The van der Waals surface area contributed by atoms with Crippen LogP contribution in [0, 0.1) is 5.92 Å². The fourth-order valence-corrected chi connectivity index (χ4v) is 5.09. The van der Waals surface area contributed by atoms with Gasteiger partial charge in [0, 0.05) is 18.3 Å². The molecule has 2 N–H and O–H groups in total. The molecule has 0 bridgehead atoms. The average molecular weight is 549 g/mol. The zero-order valence-electron chi connectivity index (χ0n) is 22.7. The van der Waals surface area contributed by atoms with Crippen molar-refractivity contribution in [3.05, 3.63) is 53.5 Å². The van der Waals surface area contributed by atoms with Gasteiger partial charge in [-0.2, -0.15) is 0 Å². The fourth-order valence-electron chi connectivity index (χ4n) is 5.09. The smallest absolute Gasteiger partial charge is 0.294 e. The van der Waals surface area contributed by atoms with Crippen LogP contribution in [-0.2, 0) is 16.1 Å². The van der Waals surface area contributed by atoms with Crippen LogP contribution in [0.4, 0.5) is 0 Å². The summed E-state index contributed by atoms with van der Waals surface area (Å²) in [5, 5.41) is 6.46. The van der Waals surface area contributed by atoms with E-state index in [1.165, 1.54) is 0 Å². The fraction of sp³-hybridized carbons (Fsp3) is 0.448. The minimum absolute atomic E-state index is 0.0236. The second-order valence-corrected chi connectivity index (χ2v) is 11.2. The lowest BCUT2D eigenvalue weighted by Gasteiger charge is -2.38. The summed E-state index contributed by atoms with van der Waals surface area (Å²) >= 11 is 0. The molecule has 0 spiro atoms. The minimum atomic E-state index is -1.30. The zero-order valence-corrected chi connectivity index (χ0v) is 22.7. The van der Waals surface area contributed by atoms with Crippen molar-refractivity contribution >= 4 is 28.7 Å². The van der Waals surface area contributed by atoms with Gasteiger partial charge in [0.15, 0.2) is 11.3 Å². The van der Waals surface area contributed by atoms with Gasteiger partial charge in [0.05, 0.1) is 37.8 Å². The van der Waals surface area contributed by atoms with Crippen LogP contribution in [-0.4, -0.2) is 72.2 Å². The van der Waals surface area contributed by atoms with Gasteiger partial charge in [-0.25, -0.2) is 0 Å². The molecule has 3 amide bonds. The molecule has 1 aliphatic carbocycles. The molecule has 0 radical (unpaired) electrons. The summed E-state index contributed by atoms with van der Waals surface area (Å²) in [7, 11) is 1.54. The molecule has 40 heavy (non-hydrogen) atoms. The van der Waals surface area contributed by atoms with Crippen LogP contribution in [0.1, 0.15) is 53.3 Å². The van der Waals surface area contributed by atoms with Gasteiger partial charge in [0.2, 0.25) is 11.7 Å². The number of aromatic nitrogens is 1. The number of hydrogen-bond donors (Lipinski definition) is 2. The maximum atomic E-state index is 14.0. The normalized spacial score (nSPS) is 21.6. The quantitative estimate of drug-likeness (QED) is 0.439. The van der Waals surface area contributed by atoms with Crippen molar-refractivity contribution < 1.29 is 33.0 Å². The summed E-state index contributed by atoms with van der Waals surface area (Å²) in [5.74, 6) is 0.126. The van der Waals surface area contributed by atoms with Crippen molar-refractivity contribution in [1.82, 2.24) is 20.5 Å². The number of carbonyl (C=O) groups excluding carboxylic acids is 3. The van der Waals surface area contributed by atoms with Crippen LogP contribution >= 0.6 is 0 Å². The Morgan fingerprint density at radius 2 is 1.98 bits per heavy atom. The van der Waals surface area contributed by atoms with E-state index in [4.69, 9.17) is 18.6 Å². The van der Waals surface area contributed by atoms with E-state index in [1.807, 2.05) is 6.92 Å². The number of fused-ring (bicyclic) bond motifs is 3. The lowest BCUT2D eigenvalue weighted by atomic mass is 9.98. The van der Waals surface area contributed by atoms with E-state index >= 15 is 0 Å². The van der Waals surface area contributed by atoms with Crippen LogP contribution in [0.15, 0.2) is 40.9 Å². The Morgan fingerprint density at radius 1 is 1.18 bits per heavy atom. The number of pyridine rings is 1. The first-order valence-electron chi connectivity index (χ1n) is 13.4. The number of amides is 3. The van der Waals surface area contributed by atoms with Gasteiger partial charge in [0.1, 0.15) is 23.6 Å². The van der Waals surface area contributed by atoms with Gasteiger partial charge in [-0.3, -0.25) is 19.4 Å². The number of furan rings is 1. The molecular formula is C29H32N4O7. The maximum absolute atomic E-state index is 14.0. The predicted octanol–water partition coefficient (Wildman–Crippen LogP) is 2.67. The summed E-state index contributed by atoms with van der Waals surface area (Å²) in [4.78, 5) is 46.3. The van der Waals surface area contributed by atoms with E-state index in [2.05, 4.69) is 15.6 Å². The molecule has 1 atom stereocenters. The van der Waals surface area contributed by atoms with E-state index in [0.29, 0.717) is 53.7 Å². The molecule has 1 saturated heterocycles. The Kier molecular flexibility index (Phi) is 6.41. The summed E-state index contributed by atoms with van der Waals surface area (Å²) < 4.78 is 22.8. The molecule has 11 heteroatoms. The Bertz CT molecular complexity index is 1490. The summed E-state index contributed by atoms with van der Waals surface area (Å²) in [6, 6.07) is 8.51. The molecule has 11 nitrogen and oxygen atoms in total. The number of ether oxygens (including phenoxy) is 3. The third-order valence-corrected chi connectivity index (χ3v) is 7.81. The molecule has 3 aromatic rings. The van der Waals surface area contributed by atoms with Crippen molar-refractivity contribution in [3.63, 3.8) is 0 Å². The monoisotopic (exact) mass is 548 g/mol. The molecule has 3 aliphatic rings. The van der Waals surface area contributed by atoms with Crippen molar-refractivity contribution in [3.8, 4) is 11.5 Å². The second-order valence-electron chi connectivity index (χ2n) is 11.2. The number of nitrogens with one attached hydrogen (secondary N) is 2. The summed E-state index contributed by atoms with van der Waals surface area (Å²) in [5.41, 5.74) is -0.353. The van der Waals surface area contributed by atoms with E-state index in [0.717, 1.165) is 12.8 Å². The molecular weight excluding hydrogens is 516 g/mol. The van der Waals surface area contributed by atoms with Crippen molar-refractivity contribution in [2.45, 2.75) is 44.3 Å². The molecule has 4 heterocycles. The zero-order chi connectivity index (χ0) is 28.1. The van der Waals surface area contributed by atoms with Crippen molar-refractivity contribution in [2.75, 3.05) is 33.5 Å². The number of benzene rings is 1. The van der Waals surface area contributed by atoms with Crippen LogP contribution in [0.5, 0.6) is 11.5 Å². The van der Waals surface area contributed by atoms with Crippen LogP contribution in [0.25, 0.3) is 11.0 Å². The van der Waals surface area contributed by atoms with Gasteiger partial charge in [-0.1, -0.05) is 0 Å². The molecule has 1 saturated carbocycles. The highest BCUT2D eigenvalue weighted by Gasteiger charge is 2.49. The Morgan fingerprint density at radius 3 is 2.67 bits per heavy atom. The highest BCUT2D eigenvalue weighted by atomic mass is 16.5. The number of nitrogens with zero attached hydrogens (tertiary/aromatic N) is 2. The van der Waals surface area contributed by atoms with E-state index in [1.54, 1.807) is 55.5 Å². The molecule has 210 valence electrons. The van der Waals surface area contributed by atoms with Gasteiger partial charge >= 0.3 is 0 Å². The topological polar surface area (TPSA) is 132 Å². The third-order valence-electron chi connectivity index (χ3n) is 7.81. The molecule has 2 aromatic heterocycles. The Balaban J connectivity index is 1.27. The molecule has 1 unspecified atom stereocenters. The molecule has 1 aromatic carbocycles. The first-order valence-corrected chi connectivity index (χ1v) is 13.4. The van der Waals surface area contributed by atoms with E-state index in [-0.39, 0.29) is 36.5 Å². The standard InChI is InChI=1S/C29H32N4O7/c1-28(14-38-15-28)32-25(34)18-8-9-19-22(11-18)40-24-23(19)39-16-29(2,33(26(24)35)13-17-6-7-17)27(36)31-12-20-21(37-3)5-4-10-30-20/h4-5,8-11,17H,6-7,12-16H2,1-3H3,(H,31,36)(H,32,34). The lowest BCUT2D eigenvalue weighted by molar-refractivity contribution is -0.133. The first kappa shape index (κ1) is 26.1. The first-order chi connectivity index (χ1) is 19.2. The Hall–Kier alpha value is -4.12. The van der Waals surface area contributed by atoms with Gasteiger partial charge in [-0.05, 0) is 62.9 Å².